The average molecular weight is 594 g/mol. The highest BCUT2D eigenvalue weighted by Gasteiger charge is 2.42. The van der Waals surface area contributed by atoms with E-state index in [4.69, 9.17) is 11.6 Å². The maximum Gasteiger partial charge on any atom is 0.228 e. The number of hydrogen-bond donors (Lipinski definition) is 4. The smallest absolute Gasteiger partial charge is 0.228 e. The Bertz CT molecular complexity index is 886. The van der Waals surface area contributed by atoms with Gasteiger partial charge in [-0.05, 0) is 146 Å². The fourth-order valence-electron chi connectivity index (χ4n) is 8.35. The van der Waals surface area contributed by atoms with Gasteiger partial charge in [-0.2, -0.15) is 15.0 Å². The number of piperidine rings is 2. The molecule has 2 atom stereocenters. The van der Waals surface area contributed by atoms with E-state index in [1.807, 2.05) is 0 Å². The summed E-state index contributed by atoms with van der Waals surface area (Å²) in [5.41, 5.74) is 0.509. The van der Waals surface area contributed by atoms with Crippen molar-refractivity contribution in [2.75, 3.05) is 51.9 Å². The molecule has 236 valence electrons. The van der Waals surface area contributed by atoms with Crippen LogP contribution in [-0.4, -0.2) is 100 Å². The van der Waals surface area contributed by atoms with Gasteiger partial charge in [0.15, 0.2) is 0 Å². The minimum atomic E-state index is 0.127. The Balaban J connectivity index is 1.58. The first-order valence-electron chi connectivity index (χ1n) is 15.6. The van der Waals surface area contributed by atoms with Crippen LogP contribution in [0.15, 0.2) is 0 Å². The van der Waals surface area contributed by atoms with Crippen molar-refractivity contribution in [3.05, 3.63) is 5.28 Å². The Kier molecular flexibility index (Phi) is 11.0. The zero-order chi connectivity index (χ0) is 30.8. The second kappa shape index (κ2) is 13.2. The Morgan fingerprint density at radius 1 is 0.659 bits per heavy atom. The van der Waals surface area contributed by atoms with E-state index in [2.05, 4.69) is 130 Å². The number of halogens is 1. The summed E-state index contributed by atoms with van der Waals surface area (Å²) in [5.74, 6) is 2.28. The van der Waals surface area contributed by atoms with Crippen molar-refractivity contribution in [2.24, 2.45) is 11.8 Å². The Hall–Kier alpha value is -1.26. The maximum atomic E-state index is 6.33. The molecule has 2 aliphatic heterocycles. The summed E-state index contributed by atoms with van der Waals surface area (Å²) in [5, 5.41) is 14.7. The van der Waals surface area contributed by atoms with Gasteiger partial charge >= 0.3 is 0 Å². The molecule has 0 amide bonds. The molecule has 0 aliphatic carbocycles. The van der Waals surface area contributed by atoms with Crippen LogP contribution in [0.3, 0.4) is 0 Å². The van der Waals surface area contributed by atoms with Crippen LogP contribution in [0.5, 0.6) is 0 Å². The first-order valence-corrected chi connectivity index (χ1v) is 16.0. The summed E-state index contributed by atoms with van der Waals surface area (Å²) >= 11 is 6.33. The summed E-state index contributed by atoms with van der Waals surface area (Å²) in [6.45, 7) is 20.1. The lowest BCUT2D eigenvalue weighted by molar-refractivity contribution is 0.0696. The van der Waals surface area contributed by atoms with E-state index in [-0.39, 0.29) is 27.4 Å². The monoisotopic (exact) mass is 593 g/mol. The van der Waals surface area contributed by atoms with Crippen LogP contribution in [0.2, 0.25) is 5.28 Å². The predicted octanol–water partition coefficient (Wildman–Crippen LogP) is 5.10. The molecule has 9 nitrogen and oxygen atoms in total. The van der Waals surface area contributed by atoms with Crippen LogP contribution in [-0.2, 0) is 0 Å². The van der Waals surface area contributed by atoms with Gasteiger partial charge in [0.25, 0.3) is 0 Å². The van der Waals surface area contributed by atoms with E-state index in [9.17, 15) is 0 Å². The molecule has 3 rings (SSSR count). The number of anilines is 2. The number of hydrogen-bond acceptors (Lipinski definition) is 9. The highest BCUT2D eigenvalue weighted by atomic mass is 35.5. The largest absolute Gasteiger partial charge is 0.354 e. The zero-order valence-corrected chi connectivity index (χ0v) is 28.8. The van der Waals surface area contributed by atoms with Gasteiger partial charge in [0.2, 0.25) is 17.2 Å². The molecule has 0 spiro atoms. The molecule has 10 heteroatoms. The molecule has 4 N–H and O–H groups in total. The van der Waals surface area contributed by atoms with E-state index < -0.39 is 0 Å². The van der Waals surface area contributed by atoms with Gasteiger partial charge in [0.05, 0.1) is 0 Å². The molecule has 1 aromatic heterocycles. The van der Waals surface area contributed by atoms with Crippen molar-refractivity contribution in [1.82, 2.24) is 35.4 Å². The van der Waals surface area contributed by atoms with E-state index in [1.165, 1.54) is 0 Å². The van der Waals surface area contributed by atoms with Gasteiger partial charge in [-0.25, -0.2) is 0 Å². The third kappa shape index (κ3) is 10.4. The van der Waals surface area contributed by atoms with E-state index in [0.29, 0.717) is 35.8 Å². The van der Waals surface area contributed by atoms with Gasteiger partial charge in [-0.3, -0.25) is 0 Å². The Labute approximate surface area is 255 Å². The molecule has 41 heavy (non-hydrogen) atoms. The van der Waals surface area contributed by atoms with Crippen molar-refractivity contribution in [3.63, 3.8) is 0 Å². The number of nitrogens with one attached hydrogen (secondary N) is 4. The number of nitrogens with zero attached hydrogens (tertiary/aromatic N) is 5. The minimum Gasteiger partial charge on any atom is -0.354 e. The van der Waals surface area contributed by atoms with Crippen molar-refractivity contribution < 1.29 is 0 Å². The van der Waals surface area contributed by atoms with Crippen LogP contribution in [0.1, 0.15) is 93.9 Å². The van der Waals surface area contributed by atoms with Crippen LogP contribution in [0.25, 0.3) is 0 Å². The quantitative estimate of drug-likeness (QED) is 0.264. The summed E-state index contributed by atoms with van der Waals surface area (Å²) < 4.78 is 0. The lowest BCUT2D eigenvalue weighted by Gasteiger charge is -2.49. The summed E-state index contributed by atoms with van der Waals surface area (Å²) in [7, 11) is 8.78. The first-order chi connectivity index (χ1) is 18.8. The van der Waals surface area contributed by atoms with E-state index in [0.717, 1.165) is 51.6 Å². The second-order valence-corrected chi connectivity index (χ2v) is 16.2. The predicted molar refractivity (Wildman–Crippen MR) is 174 cm³/mol. The van der Waals surface area contributed by atoms with Crippen LogP contribution in [0, 0.1) is 11.8 Å². The SMILES string of the molecule is CN(C)C(CCNc1nc(Cl)nc(NCCC(C2CC(C)(C)NC(C)(C)C2)N(C)C)n1)C1CC(C)(C)NC(C)(C)C1. The van der Waals surface area contributed by atoms with Crippen LogP contribution in [0.4, 0.5) is 11.9 Å². The highest BCUT2D eigenvalue weighted by molar-refractivity contribution is 6.28. The molecule has 2 saturated heterocycles. The zero-order valence-electron chi connectivity index (χ0n) is 28.1. The molecular formula is C31H60ClN9. The molecule has 1 aromatic rings. The molecular weight excluding hydrogens is 534 g/mol. The molecule has 2 aliphatic rings. The van der Waals surface area contributed by atoms with E-state index >= 15 is 0 Å². The molecule has 2 unspecified atom stereocenters. The number of aromatic nitrogens is 3. The van der Waals surface area contributed by atoms with Gasteiger partial charge in [-0.15, -0.1) is 0 Å². The van der Waals surface area contributed by atoms with Gasteiger partial charge in [0, 0.05) is 47.3 Å². The Morgan fingerprint density at radius 3 is 1.27 bits per heavy atom. The topological polar surface area (TPSA) is 93.3 Å². The van der Waals surface area contributed by atoms with Crippen molar-refractivity contribution >= 4 is 23.5 Å². The third-order valence-corrected chi connectivity index (χ3v) is 9.08. The fourth-order valence-corrected chi connectivity index (χ4v) is 8.51. The maximum absolute atomic E-state index is 6.33. The fraction of sp³-hybridized carbons (Fsp3) is 0.903. The van der Waals surface area contributed by atoms with Gasteiger partial charge in [0.1, 0.15) is 0 Å². The third-order valence-electron chi connectivity index (χ3n) is 8.91. The lowest BCUT2D eigenvalue weighted by Crippen LogP contribution is -2.60. The normalized spacial score (nSPS) is 23.9. The molecule has 0 radical (unpaired) electrons. The molecule has 2 fully saturated rings. The van der Waals surface area contributed by atoms with E-state index in [1.54, 1.807) is 0 Å². The lowest BCUT2D eigenvalue weighted by atomic mass is 9.72. The van der Waals surface area contributed by atoms with Crippen LogP contribution >= 0.6 is 11.6 Å². The standard InChI is InChI=1S/C31H60ClN9/c1-28(2)17-21(18-29(3,4)38-28)23(40(9)10)13-15-33-26-35-25(32)36-27(37-26)34-16-14-24(41(11)12)22-19-30(5,6)39-31(7,8)20-22/h21-24,38-39H,13-20H2,1-12H3,(H2,33,34,35,36,37). The average Bonchev–Trinajstić information content (AvgIpc) is 2.74. The molecule has 0 aromatic carbocycles. The highest BCUT2D eigenvalue weighted by Crippen LogP contribution is 2.38. The Morgan fingerprint density at radius 2 is 0.976 bits per heavy atom. The molecule has 0 saturated carbocycles. The second-order valence-electron chi connectivity index (χ2n) is 15.9. The van der Waals surface area contributed by atoms with Crippen molar-refractivity contribution in [2.45, 2.75) is 128 Å². The van der Waals surface area contributed by atoms with Gasteiger partial charge in [-0.1, -0.05) is 0 Å². The number of rotatable bonds is 12. The summed E-state index contributed by atoms with van der Waals surface area (Å²) in [4.78, 5) is 18.1. The summed E-state index contributed by atoms with van der Waals surface area (Å²) in [6.07, 6.45) is 6.64. The van der Waals surface area contributed by atoms with Crippen molar-refractivity contribution in [3.8, 4) is 0 Å². The molecule has 0 bridgehead atoms. The van der Waals surface area contributed by atoms with Gasteiger partial charge < -0.3 is 31.1 Å². The summed E-state index contributed by atoms with van der Waals surface area (Å²) in [6, 6.07) is 0.928. The molecule has 3 heterocycles. The van der Waals surface area contributed by atoms with Crippen molar-refractivity contribution in [1.29, 1.82) is 0 Å². The minimum absolute atomic E-state index is 0.127. The first kappa shape index (κ1) is 34.2. The van der Waals surface area contributed by atoms with Crippen LogP contribution < -0.4 is 21.3 Å².